The zero-order chi connectivity index (χ0) is 17.6. The van der Waals surface area contributed by atoms with E-state index in [-0.39, 0.29) is 13.0 Å². The Morgan fingerprint density at radius 1 is 1.23 bits per heavy atom. The summed E-state index contributed by atoms with van der Waals surface area (Å²) in [5.74, 6) is -2.32. The van der Waals surface area contributed by atoms with E-state index in [1.165, 1.54) is 6.92 Å². The van der Waals surface area contributed by atoms with Crippen LogP contribution in [0.4, 0.5) is 13.2 Å². The number of esters is 1. The second-order valence-electron chi connectivity index (χ2n) is 6.05. The summed E-state index contributed by atoms with van der Waals surface area (Å²) in [6.07, 6.45) is -3.37. The lowest BCUT2D eigenvalue weighted by molar-refractivity contribution is -0.179. The Labute approximate surface area is 132 Å². The smallest absolute Gasteiger partial charge is 0.405 e. The van der Waals surface area contributed by atoms with Crippen LogP contribution in [0.15, 0.2) is 0 Å². The number of unbranched alkanes of at least 4 members (excludes halogenated alkanes) is 1. The first-order valence-corrected chi connectivity index (χ1v) is 8.51. The summed E-state index contributed by atoms with van der Waals surface area (Å²) in [5, 5.41) is 0. The van der Waals surface area contributed by atoms with E-state index < -0.39 is 39.8 Å². The fourth-order valence-corrected chi connectivity index (χ4v) is 2.51. The van der Waals surface area contributed by atoms with Crippen molar-refractivity contribution < 1.29 is 26.9 Å². The third-order valence-electron chi connectivity index (χ3n) is 3.03. The van der Waals surface area contributed by atoms with Gasteiger partial charge < -0.3 is 4.74 Å². The number of hydrogen-bond acceptors (Lipinski definition) is 3. The molecule has 0 fully saturated rings. The van der Waals surface area contributed by atoms with Crippen molar-refractivity contribution >= 4 is 17.0 Å². The Hall–Kier alpha value is -0.630. The molecule has 0 rings (SSSR count). The Balaban J connectivity index is 5.13. The maximum absolute atomic E-state index is 13.2. The molecular weight excluding hydrogens is 319 g/mol. The molecule has 22 heavy (non-hydrogen) atoms. The molecule has 8 heteroatoms. The zero-order valence-electron chi connectivity index (χ0n) is 13.8. The molecule has 0 saturated carbocycles. The van der Waals surface area contributed by atoms with Crippen LogP contribution >= 0.6 is 0 Å². The molecule has 0 bridgehead atoms. The number of carbonyl (C=O) groups excluding carboxylic acids is 1. The van der Waals surface area contributed by atoms with Crippen molar-refractivity contribution in [2.24, 2.45) is 5.92 Å². The Kier molecular flexibility index (Phi) is 8.61. The van der Waals surface area contributed by atoms with Crippen LogP contribution in [0.25, 0.3) is 0 Å². The third kappa shape index (κ3) is 7.09. The minimum absolute atomic E-state index is 0.0521. The van der Waals surface area contributed by atoms with Crippen molar-refractivity contribution in [2.75, 3.05) is 6.61 Å². The summed E-state index contributed by atoms with van der Waals surface area (Å²) in [5.41, 5.74) is 0. The van der Waals surface area contributed by atoms with Crippen LogP contribution in [0.3, 0.4) is 0 Å². The average molecular weight is 345 g/mol. The van der Waals surface area contributed by atoms with E-state index in [4.69, 9.17) is 4.74 Å². The molecule has 0 aromatic rings. The number of rotatable bonds is 8. The molecule has 0 spiro atoms. The molecule has 0 aliphatic rings. The number of alkyl halides is 3. The summed E-state index contributed by atoms with van der Waals surface area (Å²) >= 11 is 0. The van der Waals surface area contributed by atoms with Gasteiger partial charge in [0.2, 0.25) is 0 Å². The third-order valence-corrected chi connectivity index (χ3v) is 4.61. The van der Waals surface area contributed by atoms with Gasteiger partial charge in [-0.05, 0) is 33.6 Å². The first-order chi connectivity index (χ1) is 9.95. The van der Waals surface area contributed by atoms with Gasteiger partial charge >= 0.3 is 12.1 Å². The molecule has 3 atom stereocenters. The standard InChI is InChI=1S/C14H26F3NO3S/c1-6-8-9-21-12(19)10(7-2)11(14(15,16)17)18-22(20)13(3,4)5/h10-11,18H,6-9H2,1-5H3/t10-,11-,22-/m1/s1. The predicted molar refractivity (Wildman–Crippen MR) is 80.5 cm³/mol. The predicted octanol–water partition coefficient (Wildman–Crippen LogP) is 3.34. The highest BCUT2D eigenvalue weighted by Gasteiger charge is 2.49. The summed E-state index contributed by atoms with van der Waals surface area (Å²) in [4.78, 5) is 11.9. The van der Waals surface area contributed by atoms with Gasteiger partial charge in [0.1, 0.15) is 6.04 Å². The lowest BCUT2D eigenvalue weighted by atomic mass is 9.97. The van der Waals surface area contributed by atoms with E-state index in [1.807, 2.05) is 6.92 Å². The van der Waals surface area contributed by atoms with Gasteiger partial charge in [-0.25, -0.2) is 8.93 Å². The molecular formula is C14H26F3NO3S. The molecule has 0 heterocycles. The molecule has 0 unspecified atom stereocenters. The minimum atomic E-state index is -4.69. The van der Waals surface area contributed by atoms with E-state index in [0.717, 1.165) is 6.42 Å². The van der Waals surface area contributed by atoms with Crippen LogP contribution in [-0.4, -0.2) is 33.8 Å². The summed E-state index contributed by atoms with van der Waals surface area (Å²) in [6.45, 7) is 8.14. The lowest BCUT2D eigenvalue weighted by Crippen LogP contribution is -2.53. The maximum atomic E-state index is 13.2. The SMILES string of the molecule is CCCCOC(=O)[C@H](CC)[C@@H](N[S@](=O)C(C)(C)C)C(F)(F)F. The fourth-order valence-electron chi connectivity index (χ4n) is 1.63. The van der Waals surface area contributed by atoms with Gasteiger partial charge in [0, 0.05) is 0 Å². The molecule has 0 radical (unpaired) electrons. The molecule has 0 aromatic heterocycles. The van der Waals surface area contributed by atoms with Gasteiger partial charge in [-0.15, -0.1) is 0 Å². The van der Waals surface area contributed by atoms with E-state index in [0.29, 0.717) is 6.42 Å². The van der Waals surface area contributed by atoms with Gasteiger partial charge in [-0.1, -0.05) is 20.3 Å². The van der Waals surface area contributed by atoms with E-state index in [9.17, 15) is 22.2 Å². The van der Waals surface area contributed by atoms with Crippen molar-refractivity contribution in [1.29, 1.82) is 0 Å². The van der Waals surface area contributed by atoms with Crippen LogP contribution in [0, 0.1) is 5.92 Å². The first-order valence-electron chi connectivity index (χ1n) is 7.36. The fraction of sp³-hybridized carbons (Fsp3) is 0.929. The van der Waals surface area contributed by atoms with Gasteiger partial charge in [-0.3, -0.25) is 4.79 Å². The molecule has 1 N–H and O–H groups in total. The lowest BCUT2D eigenvalue weighted by Gasteiger charge is -2.30. The van der Waals surface area contributed by atoms with Gasteiger partial charge in [0.05, 0.1) is 28.3 Å². The number of halogens is 3. The van der Waals surface area contributed by atoms with E-state index in [2.05, 4.69) is 4.72 Å². The Morgan fingerprint density at radius 2 is 1.77 bits per heavy atom. The van der Waals surface area contributed by atoms with Gasteiger partial charge in [-0.2, -0.15) is 13.2 Å². The van der Waals surface area contributed by atoms with Crippen molar-refractivity contribution in [2.45, 2.75) is 70.8 Å². The van der Waals surface area contributed by atoms with Crippen LogP contribution in [0.5, 0.6) is 0 Å². The van der Waals surface area contributed by atoms with Crippen LogP contribution in [0.1, 0.15) is 53.9 Å². The van der Waals surface area contributed by atoms with Crippen LogP contribution in [-0.2, 0) is 20.5 Å². The van der Waals surface area contributed by atoms with Crippen molar-refractivity contribution in [3.63, 3.8) is 0 Å². The van der Waals surface area contributed by atoms with Crippen molar-refractivity contribution in [3.8, 4) is 0 Å². The van der Waals surface area contributed by atoms with Gasteiger partial charge in [0.25, 0.3) is 0 Å². The normalized spacial score (nSPS) is 16.9. The van der Waals surface area contributed by atoms with E-state index >= 15 is 0 Å². The quantitative estimate of drug-likeness (QED) is 0.542. The van der Waals surface area contributed by atoms with E-state index in [1.54, 1.807) is 20.8 Å². The monoisotopic (exact) mass is 345 g/mol. The highest BCUT2D eigenvalue weighted by atomic mass is 32.2. The topological polar surface area (TPSA) is 55.4 Å². The van der Waals surface area contributed by atoms with Gasteiger partial charge in [0.15, 0.2) is 0 Å². The second kappa shape index (κ2) is 8.86. The molecule has 0 aliphatic heterocycles. The first kappa shape index (κ1) is 21.4. The second-order valence-corrected chi connectivity index (χ2v) is 8.05. The highest BCUT2D eigenvalue weighted by Crippen LogP contribution is 2.29. The molecule has 0 saturated heterocycles. The molecule has 4 nitrogen and oxygen atoms in total. The molecule has 132 valence electrons. The summed E-state index contributed by atoms with van der Waals surface area (Å²) in [7, 11) is -1.94. The number of carbonyl (C=O) groups is 1. The maximum Gasteiger partial charge on any atom is 0.405 e. The summed E-state index contributed by atoms with van der Waals surface area (Å²) < 4.78 is 57.8. The van der Waals surface area contributed by atoms with Crippen LogP contribution < -0.4 is 4.72 Å². The molecule has 0 amide bonds. The summed E-state index contributed by atoms with van der Waals surface area (Å²) in [6, 6.07) is -2.19. The zero-order valence-corrected chi connectivity index (χ0v) is 14.6. The average Bonchev–Trinajstić information content (AvgIpc) is 2.36. The molecule has 0 aliphatic carbocycles. The van der Waals surface area contributed by atoms with Crippen LogP contribution in [0.2, 0.25) is 0 Å². The Bertz CT molecular complexity index is 381. The minimum Gasteiger partial charge on any atom is -0.465 e. The van der Waals surface area contributed by atoms with Crippen molar-refractivity contribution in [3.05, 3.63) is 0 Å². The number of hydrogen-bond donors (Lipinski definition) is 1. The largest absolute Gasteiger partial charge is 0.465 e. The number of nitrogens with one attached hydrogen (secondary N) is 1. The molecule has 0 aromatic carbocycles. The van der Waals surface area contributed by atoms with Crippen molar-refractivity contribution in [1.82, 2.24) is 4.72 Å². The Morgan fingerprint density at radius 3 is 2.14 bits per heavy atom. The number of ether oxygens (including phenoxy) is 1. The highest BCUT2D eigenvalue weighted by molar-refractivity contribution is 7.84.